The van der Waals surface area contributed by atoms with Crippen LogP contribution in [0.2, 0.25) is 0 Å². The molecular formula is C49H51FN4O6. The minimum atomic E-state index is -0.855. The number of anilines is 1. The summed E-state index contributed by atoms with van der Waals surface area (Å²) in [6, 6.07) is 42.4. The van der Waals surface area contributed by atoms with Crippen molar-refractivity contribution >= 4 is 22.8 Å². The van der Waals surface area contributed by atoms with Gasteiger partial charge in [-0.2, -0.15) is 0 Å². The number of benzene rings is 4. The van der Waals surface area contributed by atoms with Crippen LogP contribution in [0.15, 0.2) is 127 Å². The van der Waals surface area contributed by atoms with Gasteiger partial charge >= 0.3 is 6.09 Å². The van der Waals surface area contributed by atoms with E-state index in [-0.39, 0.29) is 30.2 Å². The van der Waals surface area contributed by atoms with Crippen LogP contribution in [0.1, 0.15) is 61.4 Å². The highest BCUT2D eigenvalue weighted by Crippen LogP contribution is 2.42. The number of nitrogens with one attached hydrogen (secondary N) is 1. The normalized spacial score (nSPS) is 20.0. The Hall–Kier alpha value is -5.75. The molecule has 9 rings (SSSR count). The van der Waals surface area contributed by atoms with Crippen LogP contribution in [0.4, 0.5) is 14.9 Å². The van der Waals surface area contributed by atoms with Crippen LogP contribution in [0.3, 0.4) is 0 Å². The number of halogens is 1. The Kier molecular flexibility index (Phi) is 11.8. The first-order chi connectivity index (χ1) is 29.5. The van der Waals surface area contributed by atoms with Crippen molar-refractivity contribution in [2.24, 2.45) is 0 Å². The lowest BCUT2D eigenvalue weighted by Gasteiger charge is -2.36. The van der Waals surface area contributed by atoms with E-state index in [1.807, 2.05) is 89.5 Å². The predicted octanol–water partition coefficient (Wildman–Crippen LogP) is 9.41. The first-order valence-corrected chi connectivity index (χ1v) is 21.1. The second-order valence-corrected chi connectivity index (χ2v) is 15.9. The number of alkyl carbamates (subject to hydrolysis) is 1. The van der Waals surface area contributed by atoms with Crippen molar-refractivity contribution in [1.29, 1.82) is 0 Å². The number of pyridine rings is 1. The molecule has 11 heteroatoms. The van der Waals surface area contributed by atoms with Gasteiger partial charge in [0.25, 0.3) is 0 Å². The number of carbonyl (C=O) groups excluding carboxylic acids is 1. The number of hydrogen-bond acceptors (Lipinski definition) is 8. The lowest BCUT2D eigenvalue weighted by Crippen LogP contribution is -2.44. The van der Waals surface area contributed by atoms with E-state index in [2.05, 4.69) is 46.6 Å². The Bertz CT molecular complexity index is 2250. The summed E-state index contributed by atoms with van der Waals surface area (Å²) in [6.45, 7) is 2.94. The van der Waals surface area contributed by atoms with Crippen LogP contribution in [-0.2, 0) is 24.5 Å². The van der Waals surface area contributed by atoms with Crippen molar-refractivity contribution in [3.05, 3.63) is 150 Å². The molecule has 3 saturated heterocycles. The van der Waals surface area contributed by atoms with E-state index >= 15 is 4.39 Å². The van der Waals surface area contributed by atoms with Crippen molar-refractivity contribution in [3.8, 4) is 17.1 Å². The van der Waals surface area contributed by atoms with Crippen LogP contribution >= 0.6 is 0 Å². The van der Waals surface area contributed by atoms with Crippen LogP contribution in [-0.4, -0.2) is 73.9 Å². The van der Waals surface area contributed by atoms with Crippen molar-refractivity contribution < 1.29 is 32.9 Å². The molecule has 1 amide bonds. The predicted molar refractivity (Wildman–Crippen MR) is 229 cm³/mol. The van der Waals surface area contributed by atoms with Gasteiger partial charge in [-0.05, 0) is 60.9 Å². The molecule has 10 nitrogen and oxygen atoms in total. The van der Waals surface area contributed by atoms with E-state index in [0.29, 0.717) is 48.7 Å². The van der Waals surface area contributed by atoms with Gasteiger partial charge in [0.15, 0.2) is 11.7 Å². The summed E-state index contributed by atoms with van der Waals surface area (Å²) < 4.78 is 49.4. The molecule has 1 N–H and O–H groups in total. The lowest BCUT2D eigenvalue weighted by molar-refractivity contribution is -0.0461. The summed E-state index contributed by atoms with van der Waals surface area (Å²) in [5.41, 5.74) is 5.53. The van der Waals surface area contributed by atoms with Gasteiger partial charge in [-0.1, -0.05) is 103 Å². The summed E-state index contributed by atoms with van der Waals surface area (Å²) >= 11 is 0. The quantitative estimate of drug-likeness (QED) is 0.122. The number of amides is 1. The summed E-state index contributed by atoms with van der Waals surface area (Å²) in [4.78, 5) is 18.8. The first-order valence-electron chi connectivity index (χ1n) is 21.1. The van der Waals surface area contributed by atoms with Crippen LogP contribution < -0.4 is 15.0 Å². The smallest absolute Gasteiger partial charge is 0.407 e. The van der Waals surface area contributed by atoms with E-state index < -0.39 is 17.5 Å². The van der Waals surface area contributed by atoms with Crippen molar-refractivity contribution in [3.63, 3.8) is 0 Å². The van der Waals surface area contributed by atoms with E-state index in [9.17, 15) is 4.79 Å². The number of ether oxygens (including phenoxy) is 5. The Morgan fingerprint density at radius 1 is 0.833 bits per heavy atom. The SMILES string of the molecule is COC(=O)NC1CCN(c2ccc(-c3nc4cc(O[C@@H]5COC(COC(c6ccccc6)(c6ccccc6)c6ccccc6)C5)n(C5CCCCO5)c4cc3F)cc2)CC1. The number of aromatic nitrogens is 2. The minimum Gasteiger partial charge on any atom is -0.473 e. The second-order valence-electron chi connectivity index (χ2n) is 15.9. The highest BCUT2D eigenvalue weighted by Gasteiger charge is 2.40. The number of hydrogen-bond donors (Lipinski definition) is 1. The number of nitrogens with zero attached hydrogens (tertiary/aromatic N) is 3. The minimum absolute atomic E-state index is 0.0832. The molecule has 3 aliphatic rings. The largest absolute Gasteiger partial charge is 0.473 e. The van der Waals surface area contributed by atoms with Crippen molar-refractivity contribution in [1.82, 2.24) is 14.9 Å². The maximum atomic E-state index is 16.2. The second kappa shape index (κ2) is 17.8. The van der Waals surface area contributed by atoms with E-state index in [1.54, 1.807) is 6.07 Å². The molecule has 3 aliphatic heterocycles. The molecule has 0 aliphatic carbocycles. The Morgan fingerprint density at radius 2 is 1.48 bits per heavy atom. The van der Waals surface area contributed by atoms with Gasteiger partial charge in [0.2, 0.25) is 0 Å². The molecule has 5 heterocycles. The molecule has 310 valence electrons. The zero-order chi connectivity index (χ0) is 40.9. The van der Waals surface area contributed by atoms with E-state index in [1.165, 1.54) is 7.11 Å². The number of rotatable bonds is 12. The number of carbonyl (C=O) groups is 1. The standard InChI is InChI=1S/C49H51FN4O6/c1-56-48(55)51-38-24-26-53(27-25-38)39-22-20-34(21-23-39)47-42(50)30-44-43(52-47)31-46(54(44)45-19-11-12-28-57-45)60-41-29-40(58-32-41)33-59-49(35-13-5-2-6-14-35,36-15-7-3-8-16-36)37-17-9-4-10-18-37/h2-10,13-18,20-23,30-31,38,40-41,45H,11-12,19,24-29,32-33H2,1H3,(H,51,55)/t40?,41-,45?/m0/s1. The summed E-state index contributed by atoms with van der Waals surface area (Å²) in [5.74, 6) is 0.176. The number of piperidine rings is 1. The third-order valence-electron chi connectivity index (χ3n) is 12.1. The fourth-order valence-electron chi connectivity index (χ4n) is 8.98. The molecule has 0 radical (unpaired) electrons. The molecule has 2 aromatic heterocycles. The maximum Gasteiger partial charge on any atom is 0.407 e. The Balaban J connectivity index is 0.937. The van der Waals surface area contributed by atoms with Crippen molar-refractivity contribution in [2.75, 3.05) is 44.9 Å². The fourth-order valence-corrected chi connectivity index (χ4v) is 8.98. The molecule has 0 spiro atoms. The molecule has 3 atom stereocenters. The van der Waals surface area contributed by atoms with Gasteiger partial charge in [-0.3, -0.25) is 4.57 Å². The third kappa shape index (κ3) is 8.22. The number of fused-ring (bicyclic) bond motifs is 1. The Morgan fingerprint density at radius 3 is 2.08 bits per heavy atom. The average molecular weight is 811 g/mol. The molecule has 0 saturated carbocycles. The molecule has 4 aromatic carbocycles. The number of methoxy groups -OCH3 is 1. The zero-order valence-electron chi connectivity index (χ0n) is 33.9. The van der Waals surface area contributed by atoms with E-state index in [4.69, 9.17) is 28.7 Å². The van der Waals surface area contributed by atoms with Crippen LogP contribution in [0, 0.1) is 5.82 Å². The summed E-state index contributed by atoms with van der Waals surface area (Å²) in [6.07, 6.45) is 3.83. The molecule has 0 bridgehead atoms. The summed E-state index contributed by atoms with van der Waals surface area (Å²) in [5, 5.41) is 2.90. The molecule has 2 unspecified atom stereocenters. The topological polar surface area (TPSA) is 96.3 Å². The summed E-state index contributed by atoms with van der Waals surface area (Å²) in [7, 11) is 1.38. The maximum absolute atomic E-state index is 16.2. The average Bonchev–Trinajstić information content (AvgIpc) is 3.91. The monoisotopic (exact) mass is 810 g/mol. The fraction of sp³-hybridized carbons (Fsp3) is 0.347. The molecule has 3 fully saturated rings. The highest BCUT2D eigenvalue weighted by atomic mass is 19.1. The lowest BCUT2D eigenvalue weighted by atomic mass is 9.80. The molecular weight excluding hydrogens is 760 g/mol. The van der Waals surface area contributed by atoms with Crippen molar-refractivity contribution in [2.45, 2.75) is 68.6 Å². The molecule has 60 heavy (non-hydrogen) atoms. The van der Waals surface area contributed by atoms with Gasteiger partial charge in [0, 0.05) is 55.5 Å². The van der Waals surface area contributed by atoms with Gasteiger partial charge in [-0.25, -0.2) is 14.2 Å². The van der Waals surface area contributed by atoms with Crippen LogP contribution in [0.5, 0.6) is 5.88 Å². The van der Waals surface area contributed by atoms with Gasteiger partial charge in [-0.15, -0.1) is 0 Å². The van der Waals surface area contributed by atoms with Gasteiger partial charge in [0.1, 0.15) is 23.6 Å². The van der Waals surface area contributed by atoms with E-state index in [0.717, 1.165) is 67.6 Å². The first kappa shape index (κ1) is 39.7. The molecule has 6 aromatic rings. The van der Waals surface area contributed by atoms with Gasteiger partial charge in [0.05, 0.1) is 37.5 Å². The van der Waals surface area contributed by atoms with Gasteiger partial charge < -0.3 is 33.9 Å². The third-order valence-corrected chi connectivity index (χ3v) is 12.1. The zero-order valence-corrected chi connectivity index (χ0v) is 33.9. The van der Waals surface area contributed by atoms with Crippen LogP contribution in [0.25, 0.3) is 22.3 Å². The Labute approximate surface area is 350 Å². The highest BCUT2D eigenvalue weighted by molar-refractivity contribution is 5.82.